The Hall–Kier alpha value is -1.12. The molecule has 15 heavy (non-hydrogen) atoms. The zero-order valence-electron chi connectivity index (χ0n) is 9.07. The minimum absolute atomic E-state index is 0.361. The number of nitrogens with one attached hydrogen (secondary N) is 1. The highest BCUT2D eigenvalue weighted by molar-refractivity contribution is 5.50. The molecular formula is C13H17NO. The zero-order chi connectivity index (χ0) is 10.5. The van der Waals surface area contributed by atoms with Gasteiger partial charge in [-0.15, -0.1) is 0 Å². The third-order valence-electron chi connectivity index (χ3n) is 2.55. The van der Waals surface area contributed by atoms with Crippen LogP contribution in [0.4, 0.5) is 0 Å². The summed E-state index contributed by atoms with van der Waals surface area (Å²) >= 11 is 0. The van der Waals surface area contributed by atoms with Gasteiger partial charge in [-0.1, -0.05) is 42.0 Å². The highest BCUT2D eigenvalue weighted by Crippen LogP contribution is 2.06. The molecule has 1 aliphatic rings. The molecule has 1 aromatic rings. The van der Waals surface area contributed by atoms with Crippen LogP contribution in [-0.4, -0.2) is 25.8 Å². The highest BCUT2D eigenvalue weighted by atomic mass is 16.5. The van der Waals surface area contributed by atoms with Crippen LogP contribution < -0.4 is 5.32 Å². The van der Waals surface area contributed by atoms with E-state index in [0.29, 0.717) is 6.04 Å². The summed E-state index contributed by atoms with van der Waals surface area (Å²) in [4.78, 5) is 0. The van der Waals surface area contributed by atoms with Crippen LogP contribution in [0, 0.1) is 6.92 Å². The number of hydrogen-bond acceptors (Lipinski definition) is 2. The molecule has 1 aromatic carbocycles. The van der Waals surface area contributed by atoms with Gasteiger partial charge in [0.15, 0.2) is 0 Å². The van der Waals surface area contributed by atoms with E-state index in [1.54, 1.807) is 0 Å². The third kappa shape index (κ3) is 3.18. The monoisotopic (exact) mass is 203 g/mol. The molecule has 1 heterocycles. The van der Waals surface area contributed by atoms with E-state index in [1.165, 1.54) is 11.1 Å². The Morgan fingerprint density at radius 2 is 2.13 bits per heavy atom. The Bertz CT molecular complexity index is 323. The van der Waals surface area contributed by atoms with E-state index >= 15 is 0 Å². The fraction of sp³-hybridized carbons (Fsp3) is 0.385. The lowest BCUT2D eigenvalue weighted by atomic mass is 10.1. The Balaban J connectivity index is 1.95. The Morgan fingerprint density at radius 1 is 1.33 bits per heavy atom. The van der Waals surface area contributed by atoms with Gasteiger partial charge in [-0.3, -0.25) is 0 Å². The number of rotatable bonds is 2. The Kier molecular flexibility index (Phi) is 3.54. The standard InChI is InChI=1S/C13H17NO/c1-11-2-4-12(5-3-11)6-7-13-10-15-9-8-14-13/h2-7,13-14H,8-10H2,1H3/b7-6+. The molecule has 0 bridgehead atoms. The zero-order valence-corrected chi connectivity index (χ0v) is 9.07. The molecule has 1 unspecified atom stereocenters. The number of benzene rings is 1. The van der Waals surface area contributed by atoms with E-state index in [4.69, 9.17) is 4.74 Å². The van der Waals surface area contributed by atoms with Gasteiger partial charge in [0, 0.05) is 12.6 Å². The molecule has 0 aromatic heterocycles. The van der Waals surface area contributed by atoms with E-state index in [9.17, 15) is 0 Å². The van der Waals surface area contributed by atoms with Gasteiger partial charge in [0.1, 0.15) is 0 Å². The van der Waals surface area contributed by atoms with Gasteiger partial charge in [-0.25, -0.2) is 0 Å². The lowest BCUT2D eigenvalue weighted by Gasteiger charge is -2.20. The van der Waals surface area contributed by atoms with Gasteiger partial charge in [-0.2, -0.15) is 0 Å². The molecule has 2 rings (SSSR count). The molecule has 1 N–H and O–H groups in total. The van der Waals surface area contributed by atoms with Crippen LogP contribution >= 0.6 is 0 Å². The van der Waals surface area contributed by atoms with E-state index < -0.39 is 0 Å². The molecule has 1 fully saturated rings. The lowest BCUT2D eigenvalue weighted by Crippen LogP contribution is -2.39. The average molecular weight is 203 g/mol. The van der Waals surface area contributed by atoms with Gasteiger partial charge >= 0.3 is 0 Å². The van der Waals surface area contributed by atoms with Crippen molar-refractivity contribution in [3.8, 4) is 0 Å². The summed E-state index contributed by atoms with van der Waals surface area (Å²) in [6.07, 6.45) is 4.32. The second-order valence-corrected chi connectivity index (χ2v) is 3.91. The summed E-state index contributed by atoms with van der Waals surface area (Å²) in [5.41, 5.74) is 2.54. The first-order valence-electron chi connectivity index (χ1n) is 5.40. The van der Waals surface area contributed by atoms with Crippen molar-refractivity contribution in [2.45, 2.75) is 13.0 Å². The topological polar surface area (TPSA) is 21.3 Å². The molecule has 0 radical (unpaired) electrons. The number of aryl methyl sites for hydroxylation is 1. The summed E-state index contributed by atoms with van der Waals surface area (Å²) in [7, 11) is 0. The molecule has 0 amide bonds. The second-order valence-electron chi connectivity index (χ2n) is 3.91. The molecular weight excluding hydrogens is 186 g/mol. The maximum Gasteiger partial charge on any atom is 0.0656 e. The first-order chi connectivity index (χ1) is 7.34. The average Bonchev–Trinajstić information content (AvgIpc) is 2.30. The SMILES string of the molecule is Cc1ccc(/C=C/C2COCCN2)cc1. The van der Waals surface area contributed by atoms with Crippen LogP contribution in [0.2, 0.25) is 0 Å². The van der Waals surface area contributed by atoms with Crippen molar-refractivity contribution in [3.05, 3.63) is 41.5 Å². The minimum atomic E-state index is 0.361. The smallest absolute Gasteiger partial charge is 0.0656 e. The summed E-state index contributed by atoms with van der Waals surface area (Å²) < 4.78 is 5.38. The third-order valence-corrected chi connectivity index (χ3v) is 2.55. The summed E-state index contributed by atoms with van der Waals surface area (Å²) in [6.45, 7) is 4.66. The van der Waals surface area contributed by atoms with Crippen molar-refractivity contribution in [1.82, 2.24) is 5.32 Å². The van der Waals surface area contributed by atoms with Crippen LogP contribution in [0.3, 0.4) is 0 Å². The van der Waals surface area contributed by atoms with E-state index in [2.05, 4.69) is 48.7 Å². The van der Waals surface area contributed by atoms with Crippen LogP contribution in [-0.2, 0) is 4.74 Å². The first-order valence-corrected chi connectivity index (χ1v) is 5.40. The largest absolute Gasteiger partial charge is 0.378 e. The summed E-state index contributed by atoms with van der Waals surface area (Å²) in [5.74, 6) is 0. The van der Waals surface area contributed by atoms with Gasteiger partial charge in [0.25, 0.3) is 0 Å². The van der Waals surface area contributed by atoms with Crippen LogP contribution in [0.15, 0.2) is 30.3 Å². The number of hydrogen-bond donors (Lipinski definition) is 1. The Labute approximate surface area is 91.0 Å². The highest BCUT2D eigenvalue weighted by Gasteiger charge is 2.08. The number of ether oxygens (including phenoxy) is 1. The van der Waals surface area contributed by atoms with Crippen molar-refractivity contribution in [3.63, 3.8) is 0 Å². The van der Waals surface area contributed by atoms with Crippen molar-refractivity contribution in [2.24, 2.45) is 0 Å². The predicted octanol–water partition coefficient (Wildman–Crippen LogP) is 2.00. The molecule has 0 saturated carbocycles. The fourth-order valence-electron chi connectivity index (χ4n) is 1.61. The summed E-state index contributed by atoms with van der Waals surface area (Å²) in [6, 6.07) is 8.89. The lowest BCUT2D eigenvalue weighted by molar-refractivity contribution is 0.0903. The molecule has 1 aliphatic heterocycles. The number of morpholine rings is 1. The summed E-state index contributed by atoms with van der Waals surface area (Å²) in [5, 5.41) is 3.39. The Morgan fingerprint density at radius 3 is 2.80 bits per heavy atom. The molecule has 0 aliphatic carbocycles. The van der Waals surface area contributed by atoms with Crippen LogP contribution in [0.1, 0.15) is 11.1 Å². The molecule has 2 nitrogen and oxygen atoms in total. The molecule has 1 atom stereocenters. The van der Waals surface area contributed by atoms with E-state index in [1.807, 2.05) is 0 Å². The second kappa shape index (κ2) is 5.10. The van der Waals surface area contributed by atoms with Gasteiger partial charge < -0.3 is 10.1 Å². The van der Waals surface area contributed by atoms with Gasteiger partial charge in [0.05, 0.1) is 13.2 Å². The van der Waals surface area contributed by atoms with Crippen LogP contribution in [0.5, 0.6) is 0 Å². The van der Waals surface area contributed by atoms with Crippen molar-refractivity contribution < 1.29 is 4.74 Å². The maximum absolute atomic E-state index is 5.38. The molecule has 0 spiro atoms. The maximum atomic E-state index is 5.38. The quantitative estimate of drug-likeness (QED) is 0.793. The normalized spacial score (nSPS) is 22.1. The van der Waals surface area contributed by atoms with Crippen molar-refractivity contribution >= 4 is 6.08 Å². The van der Waals surface area contributed by atoms with Gasteiger partial charge in [0.2, 0.25) is 0 Å². The van der Waals surface area contributed by atoms with E-state index in [0.717, 1.165) is 19.8 Å². The van der Waals surface area contributed by atoms with E-state index in [-0.39, 0.29) is 0 Å². The predicted molar refractivity (Wildman–Crippen MR) is 62.8 cm³/mol. The molecule has 1 saturated heterocycles. The molecule has 2 heteroatoms. The first kappa shape index (κ1) is 10.4. The van der Waals surface area contributed by atoms with Crippen LogP contribution in [0.25, 0.3) is 6.08 Å². The molecule has 80 valence electrons. The van der Waals surface area contributed by atoms with Gasteiger partial charge in [-0.05, 0) is 12.5 Å². The minimum Gasteiger partial charge on any atom is -0.378 e. The van der Waals surface area contributed by atoms with Crippen molar-refractivity contribution in [1.29, 1.82) is 0 Å². The fourth-order valence-corrected chi connectivity index (χ4v) is 1.61. The van der Waals surface area contributed by atoms with Crippen molar-refractivity contribution in [2.75, 3.05) is 19.8 Å².